The number of methoxy groups -OCH3 is 2. The van der Waals surface area contributed by atoms with E-state index in [9.17, 15) is 9.59 Å². The summed E-state index contributed by atoms with van der Waals surface area (Å²) in [4.78, 5) is 29.6. The fourth-order valence-electron chi connectivity index (χ4n) is 2.86. The molecule has 3 aromatic rings. The Hall–Kier alpha value is -3.35. The number of hydrogen-bond donors (Lipinski definition) is 1. The fraction of sp³-hybridized carbons (Fsp3) is 0.250. The van der Waals surface area contributed by atoms with E-state index in [2.05, 4.69) is 10.3 Å². The Morgan fingerprint density at radius 3 is 2.56 bits per heavy atom. The van der Waals surface area contributed by atoms with Gasteiger partial charge in [-0.2, -0.15) is 0 Å². The van der Waals surface area contributed by atoms with Crippen LogP contribution >= 0.6 is 0 Å². The summed E-state index contributed by atoms with van der Waals surface area (Å²) in [6.07, 6.45) is 1.80. The number of carbonyl (C=O) groups excluding carboxylic acids is 1. The van der Waals surface area contributed by atoms with Gasteiger partial charge >= 0.3 is 0 Å². The van der Waals surface area contributed by atoms with Gasteiger partial charge in [-0.05, 0) is 43.2 Å². The number of pyridine rings is 1. The van der Waals surface area contributed by atoms with Crippen molar-refractivity contribution < 1.29 is 14.3 Å². The van der Waals surface area contributed by atoms with E-state index in [-0.39, 0.29) is 23.6 Å². The van der Waals surface area contributed by atoms with E-state index >= 15 is 0 Å². The van der Waals surface area contributed by atoms with Gasteiger partial charge in [-0.15, -0.1) is 0 Å². The molecule has 0 aliphatic heterocycles. The van der Waals surface area contributed by atoms with Crippen LogP contribution in [0.15, 0.2) is 41.3 Å². The summed E-state index contributed by atoms with van der Waals surface area (Å²) in [6.45, 7) is 3.59. The van der Waals surface area contributed by atoms with Crippen LogP contribution in [0.2, 0.25) is 0 Å². The number of rotatable bonds is 5. The Kier molecular flexibility index (Phi) is 5.12. The van der Waals surface area contributed by atoms with E-state index in [0.29, 0.717) is 22.8 Å². The number of amides is 1. The van der Waals surface area contributed by atoms with E-state index in [1.54, 1.807) is 44.5 Å². The van der Waals surface area contributed by atoms with Crippen molar-refractivity contribution in [2.75, 3.05) is 19.5 Å². The van der Waals surface area contributed by atoms with Crippen LogP contribution in [-0.4, -0.2) is 29.5 Å². The van der Waals surface area contributed by atoms with Crippen molar-refractivity contribution in [1.29, 1.82) is 0 Å². The first kappa shape index (κ1) is 18.4. The van der Waals surface area contributed by atoms with Gasteiger partial charge in [-0.1, -0.05) is 12.1 Å². The van der Waals surface area contributed by atoms with Crippen LogP contribution in [0.4, 0.5) is 5.69 Å². The lowest BCUT2D eigenvalue weighted by molar-refractivity contribution is -0.115. The van der Waals surface area contributed by atoms with Gasteiger partial charge in [0.05, 0.1) is 26.3 Å². The lowest BCUT2D eigenvalue weighted by Gasteiger charge is -2.11. The third-order valence-corrected chi connectivity index (χ3v) is 4.23. The molecule has 2 heterocycles. The number of anilines is 1. The summed E-state index contributed by atoms with van der Waals surface area (Å²) in [5.41, 5.74) is 2.57. The highest BCUT2D eigenvalue weighted by molar-refractivity contribution is 5.92. The second-order valence-electron chi connectivity index (χ2n) is 6.23. The zero-order valence-corrected chi connectivity index (χ0v) is 15.7. The second kappa shape index (κ2) is 7.49. The number of benzene rings is 1. The maximum absolute atomic E-state index is 12.7. The maximum atomic E-state index is 12.7. The van der Waals surface area contributed by atoms with Crippen molar-refractivity contribution >= 4 is 17.2 Å². The lowest BCUT2D eigenvalue weighted by Crippen LogP contribution is -2.26. The number of aromatic nitrogens is 2. The smallest absolute Gasteiger partial charge is 0.281 e. The van der Waals surface area contributed by atoms with Gasteiger partial charge in [0.25, 0.3) is 5.56 Å². The Labute approximate surface area is 156 Å². The summed E-state index contributed by atoms with van der Waals surface area (Å²) in [6, 6.07) is 8.92. The van der Waals surface area contributed by atoms with Crippen LogP contribution in [-0.2, 0) is 11.2 Å². The average Bonchev–Trinajstić information content (AvgIpc) is 2.65. The first-order valence-electron chi connectivity index (χ1n) is 8.43. The van der Waals surface area contributed by atoms with Crippen molar-refractivity contribution in [1.82, 2.24) is 9.38 Å². The molecule has 0 saturated heterocycles. The Morgan fingerprint density at radius 2 is 1.85 bits per heavy atom. The third-order valence-electron chi connectivity index (χ3n) is 4.23. The predicted octanol–water partition coefficient (Wildman–Crippen LogP) is 2.51. The normalized spacial score (nSPS) is 10.7. The van der Waals surface area contributed by atoms with Crippen LogP contribution in [0.3, 0.4) is 0 Å². The first-order valence-corrected chi connectivity index (χ1v) is 8.43. The van der Waals surface area contributed by atoms with E-state index < -0.39 is 0 Å². The van der Waals surface area contributed by atoms with Crippen LogP contribution in [0.25, 0.3) is 5.65 Å². The molecule has 0 aliphatic carbocycles. The zero-order valence-electron chi connectivity index (χ0n) is 15.7. The Morgan fingerprint density at radius 1 is 1.11 bits per heavy atom. The van der Waals surface area contributed by atoms with E-state index in [0.717, 1.165) is 11.1 Å². The molecule has 7 nitrogen and oxygen atoms in total. The van der Waals surface area contributed by atoms with Gasteiger partial charge in [0.2, 0.25) is 5.91 Å². The maximum Gasteiger partial charge on any atom is 0.281 e. The minimum atomic E-state index is -0.308. The number of hydrogen-bond acceptors (Lipinski definition) is 5. The standard InChI is InChI=1S/C20H21N3O4/c1-12-5-8-17-21-13(2)19(20(25)23(17)11-12)22-18(24)10-14-6-7-15(26-3)16(9-14)27-4/h5-9,11H,10H2,1-4H3,(H,22,24). The second-order valence-corrected chi connectivity index (χ2v) is 6.23. The molecule has 2 aromatic heterocycles. The van der Waals surface area contributed by atoms with Gasteiger partial charge in [-0.3, -0.25) is 14.0 Å². The highest BCUT2D eigenvalue weighted by Crippen LogP contribution is 2.27. The number of nitrogens with zero attached hydrogens (tertiary/aromatic N) is 2. The molecule has 1 amide bonds. The van der Waals surface area contributed by atoms with Crippen molar-refractivity contribution in [3.63, 3.8) is 0 Å². The minimum Gasteiger partial charge on any atom is -0.493 e. The third kappa shape index (κ3) is 3.76. The van der Waals surface area contributed by atoms with Crippen molar-refractivity contribution in [3.8, 4) is 11.5 Å². The van der Waals surface area contributed by atoms with E-state index in [1.165, 1.54) is 11.5 Å². The summed E-state index contributed by atoms with van der Waals surface area (Å²) in [7, 11) is 3.09. The molecule has 1 aromatic carbocycles. The van der Waals surface area contributed by atoms with Crippen LogP contribution in [0, 0.1) is 13.8 Å². The van der Waals surface area contributed by atoms with E-state index in [1.807, 2.05) is 13.0 Å². The number of carbonyl (C=O) groups is 1. The molecule has 0 saturated carbocycles. The van der Waals surface area contributed by atoms with Crippen LogP contribution in [0.1, 0.15) is 16.8 Å². The van der Waals surface area contributed by atoms with Gasteiger partial charge in [0.1, 0.15) is 11.3 Å². The Bertz CT molecular complexity index is 1070. The summed E-state index contributed by atoms with van der Waals surface area (Å²) in [5, 5.41) is 2.70. The van der Waals surface area contributed by atoms with E-state index in [4.69, 9.17) is 9.47 Å². The monoisotopic (exact) mass is 367 g/mol. The van der Waals surface area contributed by atoms with Crippen molar-refractivity contribution in [2.24, 2.45) is 0 Å². The number of fused-ring (bicyclic) bond motifs is 1. The Balaban J connectivity index is 1.87. The molecule has 0 atom stereocenters. The lowest BCUT2D eigenvalue weighted by atomic mass is 10.1. The molecule has 0 unspecified atom stereocenters. The molecule has 0 radical (unpaired) electrons. The van der Waals surface area contributed by atoms with Crippen LogP contribution < -0.4 is 20.3 Å². The molecule has 1 N–H and O–H groups in total. The van der Waals surface area contributed by atoms with Gasteiger partial charge in [0.15, 0.2) is 11.5 Å². The molecule has 0 aliphatic rings. The molecular weight excluding hydrogens is 346 g/mol. The molecule has 7 heteroatoms. The molecule has 140 valence electrons. The van der Waals surface area contributed by atoms with Gasteiger partial charge in [0, 0.05) is 6.20 Å². The van der Waals surface area contributed by atoms with Crippen molar-refractivity contribution in [2.45, 2.75) is 20.3 Å². The highest BCUT2D eigenvalue weighted by Gasteiger charge is 2.14. The molecule has 0 bridgehead atoms. The molecule has 0 spiro atoms. The average molecular weight is 367 g/mol. The molecule has 27 heavy (non-hydrogen) atoms. The van der Waals surface area contributed by atoms with Crippen LogP contribution in [0.5, 0.6) is 11.5 Å². The summed E-state index contributed by atoms with van der Waals surface area (Å²) in [5.74, 6) is 0.823. The predicted molar refractivity (Wildman–Crippen MR) is 103 cm³/mol. The number of nitrogens with one attached hydrogen (secondary N) is 1. The topological polar surface area (TPSA) is 81.9 Å². The SMILES string of the molecule is COc1ccc(CC(=O)Nc2c(C)nc3ccc(C)cn3c2=O)cc1OC. The van der Waals surface area contributed by atoms with Gasteiger partial charge < -0.3 is 14.8 Å². The summed E-state index contributed by atoms with van der Waals surface area (Å²) >= 11 is 0. The van der Waals surface area contributed by atoms with Crippen molar-refractivity contribution in [3.05, 3.63) is 63.7 Å². The first-order chi connectivity index (χ1) is 12.9. The molecule has 0 fully saturated rings. The number of aryl methyl sites for hydroxylation is 2. The quantitative estimate of drug-likeness (QED) is 0.749. The summed E-state index contributed by atoms with van der Waals surface area (Å²) < 4.78 is 11.9. The minimum absolute atomic E-state index is 0.0930. The fourth-order valence-corrected chi connectivity index (χ4v) is 2.86. The number of ether oxygens (including phenoxy) is 2. The van der Waals surface area contributed by atoms with Gasteiger partial charge in [-0.25, -0.2) is 4.98 Å². The highest BCUT2D eigenvalue weighted by atomic mass is 16.5. The molecular formula is C20H21N3O4. The largest absolute Gasteiger partial charge is 0.493 e. The molecule has 3 rings (SSSR count). The zero-order chi connectivity index (χ0) is 19.6.